The highest BCUT2D eigenvalue weighted by molar-refractivity contribution is 5.82. The SMILES string of the molecule is O=C1CN(c2cnccn2)CCN1CC1CCCC1. The summed E-state index contributed by atoms with van der Waals surface area (Å²) in [6.45, 7) is 3.06. The van der Waals surface area contributed by atoms with E-state index >= 15 is 0 Å². The lowest BCUT2D eigenvalue weighted by Crippen LogP contribution is -2.51. The molecule has 0 unspecified atom stereocenters. The van der Waals surface area contributed by atoms with Gasteiger partial charge in [0, 0.05) is 32.0 Å². The smallest absolute Gasteiger partial charge is 0.242 e. The van der Waals surface area contributed by atoms with E-state index in [4.69, 9.17) is 0 Å². The number of rotatable bonds is 3. The van der Waals surface area contributed by atoms with Gasteiger partial charge in [0.15, 0.2) is 0 Å². The lowest BCUT2D eigenvalue weighted by molar-refractivity contribution is -0.131. The molecule has 1 aliphatic carbocycles. The Morgan fingerprint density at radius 3 is 2.74 bits per heavy atom. The van der Waals surface area contributed by atoms with Gasteiger partial charge in [-0.05, 0) is 18.8 Å². The van der Waals surface area contributed by atoms with Crippen molar-refractivity contribution >= 4 is 11.7 Å². The van der Waals surface area contributed by atoms with Crippen molar-refractivity contribution in [3.05, 3.63) is 18.6 Å². The standard InChI is InChI=1S/C14H20N4O/c19-14-11-17(13-9-15-5-6-16-13)7-8-18(14)10-12-3-1-2-4-12/h5-6,9,12H,1-4,7-8,10-11H2. The minimum atomic E-state index is 0.226. The van der Waals surface area contributed by atoms with E-state index in [1.165, 1.54) is 25.7 Å². The van der Waals surface area contributed by atoms with Crippen LogP contribution in [0.4, 0.5) is 5.82 Å². The van der Waals surface area contributed by atoms with Crippen LogP contribution in [-0.4, -0.2) is 47.0 Å². The molecule has 5 heteroatoms. The third-order valence-electron chi connectivity index (χ3n) is 4.15. The number of carbonyl (C=O) groups is 1. The van der Waals surface area contributed by atoms with Crippen LogP contribution in [0.25, 0.3) is 0 Å². The van der Waals surface area contributed by atoms with Gasteiger partial charge in [0.25, 0.3) is 0 Å². The van der Waals surface area contributed by atoms with E-state index < -0.39 is 0 Å². The number of nitrogens with zero attached hydrogens (tertiary/aromatic N) is 4. The highest BCUT2D eigenvalue weighted by atomic mass is 16.2. The van der Waals surface area contributed by atoms with Gasteiger partial charge in [-0.15, -0.1) is 0 Å². The number of hydrogen-bond acceptors (Lipinski definition) is 4. The summed E-state index contributed by atoms with van der Waals surface area (Å²) in [4.78, 5) is 24.6. The van der Waals surface area contributed by atoms with Crippen molar-refractivity contribution in [2.24, 2.45) is 5.92 Å². The first-order valence-electron chi connectivity index (χ1n) is 7.11. The second kappa shape index (κ2) is 5.55. The number of aromatic nitrogens is 2. The average Bonchev–Trinajstić information content (AvgIpc) is 2.95. The van der Waals surface area contributed by atoms with Crippen molar-refractivity contribution < 1.29 is 4.79 Å². The average molecular weight is 260 g/mol. The number of amides is 1. The van der Waals surface area contributed by atoms with Crippen LogP contribution >= 0.6 is 0 Å². The highest BCUT2D eigenvalue weighted by Gasteiger charge is 2.27. The monoisotopic (exact) mass is 260 g/mol. The molecule has 0 N–H and O–H groups in total. The Labute approximate surface area is 113 Å². The number of carbonyl (C=O) groups excluding carboxylic acids is 1. The fourth-order valence-corrected chi connectivity index (χ4v) is 3.06. The van der Waals surface area contributed by atoms with Crippen molar-refractivity contribution in [1.29, 1.82) is 0 Å². The van der Waals surface area contributed by atoms with E-state index in [2.05, 4.69) is 9.97 Å². The first-order chi connectivity index (χ1) is 9.33. The Balaban J connectivity index is 1.58. The molecule has 19 heavy (non-hydrogen) atoms. The lowest BCUT2D eigenvalue weighted by Gasteiger charge is -2.36. The summed E-state index contributed by atoms with van der Waals surface area (Å²) in [5, 5.41) is 0. The van der Waals surface area contributed by atoms with Crippen molar-refractivity contribution in [1.82, 2.24) is 14.9 Å². The molecule has 1 saturated carbocycles. The zero-order valence-electron chi connectivity index (χ0n) is 11.2. The Kier molecular flexibility index (Phi) is 3.62. The minimum Gasteiger partial charge on any atom is -0.344 e. The molecule has 0 bridgehead atoms. The van der Waals surface area contributed by atoms with Gasteiger partial charge in [-0.1, -0.05) is 12.8 Å². The summed E-state index contributed by atoms with van der Waals surface area (Å²) in [5.41, 5.74) is 0. The second-order valence-electron chi connectivity index (χ2n) is 5.48. The molecule has 1 aromatic heterocycles. The molecule has 2 aliphatic rings. The number of anilines is 1. The number of piperazine rings is 1. The molecular formula is C14H20N4O. The van der Waals surface area contributed by atoms with Gasteiger partial charge in [0.2, 0.25) is 5.91 Å². The van der Waals surface area contributed by atoms with E-state index in [0.29, 0.717) is 6.54 Å². The fraction of sp³-hybridized carbons (Fsp3) is 0.643. The van der Waals surface area contributed by atoms with E-state index in [1.54, 1.807) is 18.6 Å². The van der Waals surface area contributed by atoms with Gasteiger partial charge in [-0.25, -0.2) is 4.98 Å². The van der Waals surface area contributed by atoms with Crippen LogP contribution in [0.5, 0.6) is 0 Å². The van der Waals surface area contributed by atoms with Crippen LogP contribution in [0.3, 0.4) is 0 Å². The molecule has 2 fully saturated rings. The topological polar surface area (TPSA) is 49.3 Å². The van der Waals surface area contributed by atoms with Crippen molar-refractivity contribution in [3.8, 4) is 0 Å². The molecule has 5 nitrogen and oxygen atoms in total. The minimum absolute atomic E-state index is 0.226. The van der Waals surface area contributed by atoms with E-state index in [0.717, 1.165) is 31.4 Å². The molecule has 1 aromatic rings. The molecule has 2 heterocycles. The summed E-state index contributed by atoms with van der Waals surface area (Å²) >= 11 is 0. The van der Waals surface area contributed by atoms with E-state index in [-0.39, 0.29) is 5.91 Å². The van der Waals surface area contributed by atoms with Crippen molar-refractivity contribution in [2.45, 2.75) is 25.7 Å². The molecule has 0 radical (unpaired) electrons. The van der Waals surface area contributed by atoms with Crippen LogP contribution in [0.15, 0.2) is 18.6 Å². The quantitative estimate of drug-likeness (QED) is 0.822. The maximum absolute atomic E-state index is 12.2. The lowest BCUT2D eigenvalue weighted by atomic mass is 10.1. The highest BCUT2D eigenvalue weighted by Crippen LogP contribution is 2.26. The van der Waals surface area contributed by atoms with Crippen molar-refractivity contribution in [2.75, 3.05) is 31.1 Å². The normalized spacial score (nSPS) is 21.2. The van der Waals surface area contributed by atoms with Gasteiger partial charge >= 0.3 is 0 Å². The number of hydrogen-bond donors (Lipinski definition) is 0. The third kappa shape index (κ3) is 2.85. The Morgan fingerprint density at radius 1 is 1.21 bits per heavy atom. The van der Waals surface area contributed by atoms with Crippen LogP contribution in [0, 0.1) is 5.92 Å². The largest absolute Gasteiger partial charge is 0.344 e. The first-order valence-corrected chi connectivity index (χ1v) is 7.11. The molecule has 1 aliphatic heterocycles. The molecule has 1 amide bonds. The molecule has 0 aromatic carbocycles. The molecule has 1 saturated heterocycles. The Hall–Kier alpha value is -1.65. The fourth-order valence-electron chi connectivity index (χ4n) is 3.06. The maximum Gasteiger partial charge on any atom is 0.242 e. The molecule has 3 rings (SSSR count). The molecule has 102 valence electrons. The van der Waals surface area contributed by atoms with Crippen LogP contribution in [-0.2, 0) is 4.79 Å². The summed E-state index contributed by atoms with van der Waals surface area (Å²) in [7, 11) is 0. The zero-order chi connectivity index (χ0) is 13.1. The molecule has 0 spiro atoms. The molecule has 0 atom stereocenters. The first kappa shape index (κ1) is 12.4. The second-order valence-corrected chi connectivity index (χ2v) is 5.48. The Bertz CT molecular complexity index is 430. The molecular weight excluding hydrogens is 240 g/mol. The van der Waals surface area contributed by atoms with Gasteiger partial charge in [0.1, 0.15) is 5.82 Å². The van der Waals surface area contributed by atoms with Crippen LogP contribution in [0.1, 0.15) is 25.7 Å². The predicted molar refractivity (Wildman–Crippen MR) is 72.8 cm³/mol. The van der Waals surface area contributed by atoms with Crippen molar-refractivity contribution in [3.63, 3.8) is 0 Å². The van der Waals surface area contributed by atoms with Gasteiger partial charge in [-0.2, -0.15) is 0 Å². The van der Waals surface area contributed by atoms with Gasteiger partial charge < -0.3 is 9.80 Å². The van der Waals surface area contributed by atoms with Crippen LogP contribution in [0.2, 0.25) is 0 Å². The van der Waals surface area contributed by atoms with Gasteiger partial charge in [-0.3, -0.25) is 9.78 Å². The summed E-state index contributed by atoms with van der Waals surface area (Å²) in [6.07, 6.45) is 10.3. The Morgan fingerprint density at radius 2 is 2.05 bits per heavy atom. The summed E-state index contributed by atoms with van der Waals surface area (Å²) < 4.78 is 0. The third-order valence-corrected chi connectivity index (χ3v) is 4.15. The van der Waals surface area contributed by atoms with Gasteiger partial charge in [0.05, 0.1) is 12.7 Å². The predicted octanol–water partition coefficient (Wildman–Crippen LogP) is 1.32. The van der Waals surface area contributed by atoms with Crippen LogP contribution < -0.4 is 4.90 Å². The van der Waals surface area contributed by atoms with E-state index in [1.807, 2.05) is 9.80 Å². The van der Waals surface area contributed by atoms with E-state index in [9.17, 15) is 4.79 Å². The summed E-state index contributed by atoms with van der Waals surface area (Å²) in [6, 6.07) is 0. The zero-order valence-corrected chi connectivity index (χ0v) is 11.2. The summed E-state index contributed by atoms with van der Waals surface area (Å²) in [5.74, 6) is 1.76. The maximum atomic E-state index is 12.2.